The highest BCUT2D eigenvalue weighted by atomic mass is 16.1. The normalized spacial score (nSPS) is 24.9. The number of benzene rings is 1. The molecule has 0 bridgehead atoms. The van der Waals surface area contributed by atoms with Crippen LogP contribution in [0.15, 0.2) is 30.3 Å². The molecule has 0 radical (unpaired) electrons. The molecule has 2 atom stereocenters. The number of carbonyl (C=O) groups excluding carboxylic acids is 1. The summed E-state index contributed by atoms with van der Waals surface area (Å²) in [5.41, 5.74) is 1.35. The number of unbranched alkanes of at least 4 members (excludes halogenated alkanes) is 1. The van der Waals surface area contributed by atoms with Crippen LogP contribution in [0.4, 0.5) is 0 Å². The van der Waals surface area contributed by atoms with Crippen molar-refractivity contribution in [3.8, 4) is 0 Å². The molecule has 1 aromatic rings. The molecule has 0 aromatic heterocycles. The van der Waals surface area contributed by atoms with E-state index in [4.69, 9.17) is 0 Å². The van der Waals surface area contributed by atoms with Crippen LogP contribution in [0.2, 0.25) is 0 Å². The monoisotopic (exact) mass is 230 g/mol. The summed E-state index contributed by atoms with van der Waals surface area (Å²) in [6.45, 7) is 2.22. The van der Waals surface area contributed by atoms with Gasteiger partial charge in [0.1, 0.15) is 5.78 Å². The molecule has 2 unspecified atom stereocenters. The van der Waals surface area contributed by atoms with Gasteiger partial charge in [-0.1, -0.05) is 56.5 Å². The smallest absolute Gasteiger partial charge is 0.133 e. The second-order valence-electron chi connectivity index (χ2n) is 5.30. The van der Waals surface area contributed by atoms with E-state index < -0.39 is 0 Å². The maximum atomic E-state index is 11.8. The number of hydrogen-bond acceptors (Lipinski definition) is 1. The summed E-state index contributed by atoms with van der Waals surface area (Å²) < 4.78 is 0. The summed E-state index contributed by atoms with van der Waals surface area (Å²) in [6.07, 6.45) is 6.51. The Bertz CT molecular complexity index is 355. The first kappa shape index (κ1) is 12.3. The van der Waals surface area contributed by atoms with E-state index >= 15 is 0 Å². The average molecular weight is 230 g/mol. The predicted molar refractivity (Wildman–Crippen MR) is 71.1 cm³/mol. The number of hydrogen-bond donors (Lipinski definition) is 0. The van der Waals surface area contributed by atoms with Crippen LogP contribution in [0.25, 0.3) is 0 Å². The van der Waals surface area contributed by atoms with Crippen molar-refractivity contribution >= 4 is 5.78 Å². The van der Waals surface area contributed by atoms with Crippen LogP contribution < -0.4 is 0 Å². The highest BCUT2D eigenvalue weighted by Crippen LogP contribution is 2.36. The molecule has 1 saturated carbocycles. The molecular weight excluding hydrogens is 208 g/mol. The number of carbonyl (C=O) groups is 1. The summed E-state index contributed by atoms with van der Waals surface area (Å²) in [5.74, 6) is 1.56. The first-order valence-electron chi connectivity index (χ1n) is 6.86. The van der Waals surface area contributed by atoms with Crippen LogP contribution in [0.5, 0.6) is 0 Å². The Kier molecular flexibility index (Phi) is 4.36. The number of rotatable bonds is 4. The fraction of sp³-hybridized carbons (Fsp3) is 0.562. The zero-order valence-electron chi connectivity index (χ0n) is 10.7. The standard InChI is InChI=1S/C16H22O/c1-2-3-7-13-10-15(12-16(17)11-13)14-8-5-4-6-9-14/h4-6,8-9,13,15H,2-3,7,10-12H2,1H3. The van der Waals surface area contributed by atoms with Crippen molar-refractivity contribution in [1.82, 2.24) is 0 Å². The summed E-state index contributed by atoms with van der Waals surface area (Å²) in [6, 6.07) is 10.5. The van der Waals surface area contributed by atoms with E-state index in [1.165, 1.54) is 31.2 Å². The molecule has 1 aromatic carbocycles. The van der Waals surface area contributed by atoms with E-state index in [0.29, 0.717) is 17.6 Å². The fourth-order valence-electron chi connectivity index (χ4n) is 2.94. The first-order valence-corrected chi connectivity index (χ1v) is 6.86. The largest absolute Gasteiger partial charge is 0.300 e. The molecule has 92 valence electrons. The van der Waals surface area contributed by atoms with Gasteiger partial charge in [0, 0.05) is 12.8 Å². The van der Waals surface area contributed by atoms with Crippen molar-refractivity contribution in [2.45, 2.75) is 51.4 Å². The van der Waals surface area contributed by atoms with Gasteiger partial charge < -0.3 is 0 Å². The summed E-state index contributed by atoms with van der Waals surface area (Å²) in [5, 5.41) is 0. The molecule has 0 aliphatic heterocycles. The second-order valence-corrected chi connectivity index (χ2v) is 5.30. The zero-order valence-corrected chi connectivity index (χ0v) is 10.7. The third kappa shape index (κ3) is 3.42. The van der Waals surface area contributed by atoms with Crippen molar-refractivity contribution in [2.24, 2.45) is 5.92 Å². The highest BCUT2D eigenvalue weighted by Gasteiger charge is 2.27. The molecule has 0 amide bonds. The lowest BCUT2D eigenvalue weighted by Gasteiger charge is -2.28. The lowest BCUT2D eigenvalue weighted by Crippen LogP contribution is -2.21. The van der Waals surface area contributed by atoms with Crippen LogP contribution in [-0.4, -0.2) is 5.78 Å². The van der Waals surface area contributed by atoms with Gasteiger partial charge in [0.25, 0.3) is 0 Å². The minimum Gasteiger partial charge on any atom is -0.300 e. The number of Topliss-reactive ketones (excluding diaryl/α,β-unsaturated/α-hetero) is 1. The maximum Gasteiger partial charge on any atom is 0.133 e. The second kappa shape index (κ2) is 6.00. The van der Waals surface area contributed by atoms with Crippen LogP contribution in [-0.2, 0) is 4.79 Å². The molecule has 1 aliphatic rings. The molecule has 0 N–H and O–H groups in total. The van der Waals surface area contributed by atoms with Crippen LogP contribution in [0.3, 0.4) is 0 Å². The molecule has 1 aliphatic carbocycles. The molecule has 0 saturated heterocycles. The third-order valence-corrected chi connectivity index (χ3v) is 3.85. The SMILES string of the molecule is CCCCC1CC(=O)CC(c2ccccc2)C1. The van der Waals surface area contributed by atoms with Gasteiger partial charge >= 0.3 is 0 Å². The van der Waals surface area contributed by atoms with E-state index in [0.717, 1.165) is 12.8 Å². The van der Waals surface area contributed by atoms with Gasteiger partial charge in [-0.2, -0.15) is 0 Å². The molecule has 1 heteroatoms. The Morgan fingerprint density at radius 1 is 1.18 bits per heavy atom. The van der Waals surface area contributed by atoms with E-state index in [1.54, 1.807) is 0 Å². The molecule has 0 spiro atoms. The Hall–Kier alpha value is -1.11. The van der Waals surface area contributed by atoms with Crippen LogP contribution in [0.1, 0.15) is 56.9 Å². The zero-order chi connectivity index (χ0) is 12.1. The van der Waals surface area contributed by atoms with Gasteiger partial charge in [-0.15, -0.1) is 0 Å². The molecule has 17 heavy (non-hydrogen) atoms. The Balaban J connectivity index is 2.01. The molecule has 0 heterocycles. The molecule has 1 nitrogen and oxygen atoms in total. The Labute approximate surface area is 104 Å². The molecule has 1 fully saturated rings. The Morgan fingerprint density at radius 3 is 2.65 bits per heavy atom. The highest BCUT2D eigenvalue weighted by molar-refractivity contribution is 5.80. The van der Waals surface area contributed by atoms with Gasteiger partial charge in [-0.05, 0) is 23.8 Å². The van der Waals surface area contributed by atoms with Gasteiger partial charge in [-0.3, -0.25) is 4.79 Å². The molecule has 2 rings (SSSR count). The first-order chi connectivity index (χ1) is 8.29. The third-order valence-electron chi connectivity index (χ3n) is 3.85. The fourth-order valence-corrected chi connectivity index (χ4v) is 2.94. The van der Waals surface area contributed by atoms with Gasteiger partial charge in [0.05, 0.1) is 0 Å². The van der Waals surface area contributed by atoms with E-state index in [-0.39, 0.29) is 0 Å². The van der Waals surface area contributed by atoms with Gasteiger partial charge in [0.2, 0.25) is 0 Å². The van der Waals surface area contributed by atoms with Crippen LogP contribution >= 0.6 is 0 Å². The van der Waals surface area contributed by atoms with Crippen molar-refractivity contribution in [1.29, 1.82) is 0 Å². The van der Waals surface area contributed by atoms with E-state index in [1.807, 2.05) is 6.07 Å². The molecular formula is C16H22O. The number of ketones is 1. The summed E-state index contributed by atoms with van der Waals surface area (Å²) >= 11 is 0. The maximum absolute atomic E-state index is 11.8. The topological polar surface area (TPSA) is 17.1 Å². The van der Waals surface area contributed by atoms with Gasteiger partial charge in [0.15, 0.2) is 0 Å². The van der Waals surface area contributed by atoms with Crippen LogP contribution in [0, 0.1) is 5.92 Å². The van der Waals surface area contributed by atoms with E-state index in [9.17, 15) is 4.79 Å². The quantitative estimate of drug-likeness (QED) is 0.752. The van der Waals surface area contributed by atoms with E-state index in [2.05, 4.69) is 31.2 Å². The van der Waals surface area contributed by atoms with Crippen molar-refractivity contribution in [2.75, 3.05) is 0 Å². The van der Waals surface area contributed by atoms with Crippen molar-refractivity contribution in [3.63, 3.8) is 0 Å². The lowest BCUT2D eigenvalue weighted by molar-refractivity contribution is -0.122. The Morgan fingerprint density at radius 2 is 1.94 bits per heavy atom. The average Bonchev–Trinajstić information content (AvgIpc) is 2.37. The predicted octanol–water partition coefficient (Wildman–Crippen LogP) is 4.33. The summed E-state index contributed by atoms with van der Waals surface area (Å²) in [7, 11) is 0. The van der Waals surface area contributed by atoms with Crippen molar-refractivity contribution < 1.29 is 4.79 Å². The summed E-state index contributed by atoms with van der Waals surface area (Å²) in [4.78, 5) is 11.8. The lowest BCUT2D eigenvalue weighted by atomic mass is 9.75. The minimum absolute atomic E-state index is 0.464. The minimum atomic E-state index is 0.464. The van der Waals surface area contributed by atoms with Gasteiger partial charge in [-0.25, -0.2) is 0 Å². The van der Waals surface area contributed by atoms with Crippen molar-refractivity contribution in [3.05, 3.63) is 35.9 Å².